The topological polar surface area (TPSA) is 39.2 Å². The molecule has 0 fully saturated rings. The summed E-state index contributed by atoms with van der Waals surface area (Å²) in [5.74, 6) is -0.835. The Morgan fingerprint density at radius 1 is 1.39 bits per heavy atom. The Labute approximate surface area is 98.6 Å². The average molecular weight is 269 g/mol. The van der Waals surface area contributed by atoms with Crippen LogP contribution in [0.2, 0.25) is 0 Å². The van der Waals surface area contributed by atoms with E-state index in [2.05, 4.69) is 9.72 Å². The van der Waals surface area contributed by atoms with E-state index in [0.29, 0.717) is 6.07 Å². The molecule has 100 valence electrons. The van der Waals surface area contributed by atoms with Gasteiger partial charge in [0.15, 0.2) is 0 Å². The molecule has 0 aliphatic heterocycles. The minimum absolute atomic E-state index is 0.287. The quantitative estimate of drug-likeness (QED) is 0.625. The normalized spacial score (nSPS) is 11.7. The van der Waals surface area contributed by atoms with Crippen molar-refractivity contribution in [1.29, 1.82) is 0 Å². The van der Waals surface area contributed by atoms with E-state index in [4.69, 9.17) is 0 Å². The van der Waals surface area contributed by atoms with Crippen LogP contribution in [0.1, 0.15) is 23.4 Å². The molecule has 1 heterocycles. The molecular weight excluding hydrogens is 261 g/mol. The number of halogens is 5. The highest BCUT2D eigenvalue weighted by Gasteiger charge is 2.34. The molecule has 0 bridgehead atoms. The number of esters is 1. The summed E-state index contributed by atoms with van der Waals surface area (Å²) in [6, 6.07) is 1.35. The number of carbonyl (C=O) groups is 1. The predicted octanol–water partition coefficient (Wildman–Crippen LogP) is 2.75. The van der Waals surface area contributed by atoms with Gasteiger partial charge in [-0.2, -0.15) is 13.2 Å². The van der Waals surface area contributed by atoms with Crippen molar-refractivity contribution in [3.05, 3.63) is 29.1 Å². The molecule has 0 amide bonds. The third-order valence-corrected chi connectivity index (χ3v) is 2.07. The Morgan fingerprint density at radius 2 is 2.00 bits per heavy atom. The van der Waals surface area contributed by atoms with Crippen LogP contribution in [0.5, 0.6) is 0 Å². The Balaban J connectivity index is 3.17. The van der Waals surface area contributed by atoms with Crippen molar-refractivity contribution in [2.75, 3.05) is 7.11 Å². The third-order valence-electron chi connectivity index (χ3n) is 2.07. The van der Waals surface area contributed by atoms with Gasteiger partial charge in [-0.05, 0) is 11.6 Å². The van der Waals surface area contributed by atoms with Gasteiger partial charge in [0.05, 0.1) is 13.5 Å². The zero-order valence-electron chi connectivity index (χ0n) is 9.09. The SMILES string of the molecule is COC(=O)Cc1ccc(C(F)(F)F)nc1C(F)F. The molecule has 1 aromatic heterocycles. The van der Waals surface area contributed by atoms with E-state index in [-0.39, 0.29) is 5.56 Å². The number of ether oxygens (including phenoxy) is 1. The first kappa shape index (κ1) is 14.3. The van der Waals surface area contributed by atoms with E-state index in [0.717, 1.165) is 13.2 Å². The van der Waals surface area contributed by atoms with Gasteiger partial charge in [-0.25, -0.2) is 13.8 Å². The lowest BCUT2D eigenvalue weighted by molar-refractivity contribution is -0.141. The summed E-state index contributed by atoms with van der Waals surface area (Å²) in [4.78, 5) is 13.8. The molecule has 18 heavy (non-hydrogen) atoms. The lowest BCUT2D eigenvalue weighted by Gasteiger charge is -2.11. The van der Waals surface area contributed by atoms with Crippen molar-refractivity contribution in [1.82, 2.24) is 4.98 Å². The number of hydrogen-bond acceptors (Lipinski definition) is 3. The lowest BCUT2D eigenvalue weighted by Crippen LogP contribution is -2.13. The smallest absolute Gasteiger partial charge is 0.433 e. The molecule has 0 aromatic carbocycles. The molecule has 0 radical (unpaired) electrons. The van der Waals surface area contributed by atoms with Crippen LogP contribution in [-0.4, -0.2) is 18.1 Å². The summed E-state index contributed by atoms with van der Waals surface area (Å²) in [6.07, 6.45) is -8.57. The van der Waals surface area contributed by atoms with Crippen LogP contribution in [-0.2, 0) is 22.1 Å². The van der Waals surface area contributed by atoms with Crippen molar-refractivity contribution < 1.29 is 31.5 Å². The van der Waals surface area contributed by atoms with Gasteiger partial charge in [0, 0.05) is 0 Å². The van der Waals surface area contributed by atoms with E-state index in [1.165, 1.54) is 0 Å². The van der Waals surface area contributed by atoms with Gasteiger partial charge in [0.1, 0.15) is 11.4 Å². The fourth-order valence-corrected chi connectivity index (χ4v) is 1.23. The second-order valence-electron chi connectivity index (χ2n) is 3.29. The van der Waals surface area contributed by atoms with Crippen molar-refractivity contribution >= 4 is 5.97 Å². The minimum atomic E-state index is -4.81. The molecular formula is C10H8F5NO2. The molecule has 0 spiro atoms. The number of nitrogens with zero attached hydrogens (tertiary/aromatic N) is 1. The fraction of sp³-hybridized carbons (Fsp3) is 0.400. The number of methoxy groups -OCH3 is 1. The van der Waals surface area contributed by atoms with E-state index in [1.807, 2.05) is 0 Å². The number of alkyl halides is 5. The highest BCUT2D eigenvalue weighted by atomic mass is 19.4. The predicted molar refractivity (Wildman–Crippen MR) is 49.9 cm³/mol. The van der Waals surface area contributed by atoms with Crippen LogP contribution in [0.3, 0.4) is 0 Å². The number of pyridine rings is 1. The number of aromatic nitrogens is 1. The van der Waals surface area contributed by atoms with Gasteiger partial charge in [-0.15, -0.1) is 0 Å². The summed E-state index contributed by atoms with van der Waals surface area (Å²) < 4.78 is 66.3. The first-order valence-corrected chi connectivity index (χ1v) is 4.67. The summed E-state index contributed by atoms with van der Waals surface area (Å²) >= 11 is 0. The maximum Gasteiger partial charge on any atom is 0.433 e. The van der Waals surface area contributed by atoms with E-state index in [1.54, 1.807) is 0 Å². The molecule has 0 aliphatic carbocycles. The third kappa shape index (κ3) is 3.38. The van der Waals surface area contributed by atoms with Crippen molar-refractivity contribution in [3.8, 4) is 0 Å². The van der Waals surface area contributed by atoms with Gasteiger partial charge < -0.3 is 4.74 Å². The van der Waals surface area contributed by atoms with Crippen molar-refractivity contribution in [3.63, 3.8) is 0 Å². The molecule has 0 N–H and O–H groups in total. The summed E-state index contributed by atoms with van der Waals surface area (Å²) in [6.45, 7) is 0. The zero-order chi connectivity index (χ0) is 13.9. The van der Waals surface area contributed by atoms with Gasteiger partial charge in [0.25, 0.3) is 6.43 Å². The lowest BCUT2D eigenvalue weighted by atomic mass is 10.1. The van der Waals surface area contributed by atoms with E-state index in [9.17, 15) is 26.7 Å². The maximum atomic E-state index is 12.6. The Hall–Kier alpha value is -1.73. The Morgan fingerprint density at radius 3 is 2.44 bits per heavy atom. The van der Waals surface area contributed by atoms with Crippen LogP contribution in [0.15, 0.2) is 12.1 Å². The molecule has 0 atom stereocenters. The molecule has 0 unspecified atom stereocenters. The van der Waals surface area contributed by atoms with Crippen molar-refractivity contribution in [2.24, 2.45) is 0 Å². The largest absolute Gasteiger partial charge is 0.469 e. The van der Waals surface area contributed by atoms with Crippen LogP contribution in [0.25, 0.3) is 0 Å². The second kappa shape index (κ2) is 5.28. The number of rotatable bonds is 3. The van der Waals surface area contributed by atoms with Crippen LogP contribution in [0.4, 0.5) is 22.0 Å². The summed E-state index contributed by atoms with van der Waals surface area (Å²) in [7, 11) is 1.04. The molecule has 0 saturated heterocycles. The van der Waals surface area contributed by atoms with E-state index < -0.39 is 36.4 Å². The molecule has 3 nitrogen and oxygen atoms in total. The Bertz CT molecular complexity index is 444. The molecule has 1 aromatic rings. The van der Waals surface area contributed by atoms with Crippen LogP contribution >= 0.6 is 0 Å². The maximum absolute atomic E-state index is 12.6. The van der Waals surface area contributed by atoms with Gasteiger partial charge in [0.2, 0.25) is 0 Å². The number of hydrogen-bond donors (Lipinski definition) is 0. The monoisotopic (exact) mass is 269 g/mol. The zero-order valence-corrected chi connectivity index (χ0v) is 9.09. The summed E-state index contributed by atoms with van der Waals surface area (Å²) in [5.41, 5.74) is -2.77. The van der Waals surface area contributed by atoms with Crippen LogP contribution < -0.4 is 0 Å². The highest BCUT2D eigenvalue weighted by molar-refractivity contribution is 5.72. The van der Waals surface area contributed by atoms with E-state index >= 15 is 0 Å². The average Bonchev–Trinajstić information content (AvgIpc) is 2.27. The van der Waals surface area contributed by atoms with Gasteiger partial charge >= 0.3 is 12.1 Å². The van der Waals surface area contributed by atoms with Gasteiger partial charge in [-0.3, -0.25) is 4.79 Å². The van der Waals surface area contributed by atoms with Crippen molar-refractivity contribution in [2.45, 2.75) is 19.0 Å². The fourth-order valence-electron chi connectivity index (χ4n) is 1.23. The molecule has 8 heteroatoms. The molecule has 0 aliphatic rings. The highest BCUT2D eigenvalue weighted by Crippen LogP contribution is 2.30. The summed E-state index contributed by atoms with van der Waals surface area (Å²) in [5, 5.41) is 0. The number of carbonyl (C=O) groups excluding carboxylic acids is 1. The van der Waals surface area contributed by atoms with Gasteiger partial charge in [-0.1, -0.05) is 6.07 Å². The second-order valence-corrected chi connectivity index (χ2v) is 3.29. The minimum Gasteiger partial charge on any atom is -0.469 e. The standard InChI is InChI=1S/C10H8F5NO2/c1-18-7(17)4-5-2-3-6(10(13,14)15)16-8(5)9(11)12/h2-3,9H,4H2,1H3. The Kier molecular flexibility index (Phi) is 4.20. The van der Waals surface area contributed by atoms with Crippen LogP contribution in [0, 0.1) is 0 Å². The molecule has 1 rings (SSSR count). The first-order chi connectivity index (χ1) is 8.25. The molecule has 0 saturated carbocycles. The first-order valence-electron chi connectivity index (χ1n) is 4.67.